The topological polar surface area (TPSA) is 364 Å². The largest absolute Gasteiger partial charge is 0.481 e. The van der Waals surface area contributed by atoms with Crippen LogP contribution in [0, 0.1) is 23.2 Å². The number of nitrogen functional groups attached to an aromatic ring is 1. The zero-order valence-corrected chi connectivity index (χ0v) is 39.5. The molecule has 0 bridgehead atoms. The van der Waals surface area contributed by atoms with Crippen LogP contribution in [0.2, 0.25) is 0 Å². The molecule has 0 saturated carbocycles. The Hall–Kier alpha value is -2.44. The van der Waals surface area contributed by atoms with Gasteiger partial charge in [-0.25, -0.2) is 28.6 Å². The van der Waals surface area contributed by atoms with Crippen molar-refractivity contribution in [2.24, 2.45) is 23.2 Å². The molecule has 0 radical (unpaired) electrons. The Morgan fingerprint density at radius 3 is 2.25 bits per heavy atom. The lowest BCUT2D eigenvalue weighted by Crippen LogP contribution is -2.46. The number of imidazole rings is 1. The van der Waals surface area contributed by atoms with Crippen LogP contribution in [0.5, 0.6) is 0 Å². The molecule has 360 valence electrons. The van der Waals surface area contributed by atoms with Gasteiger partial charge in [-0.1, -0.05) is 85.4 Å². The number of amides is 2. The van der Waals surface area contributed by atoms with E-state index in [-0.39, 0.29) is 47.5 Å². The highest BCUT2D eigenvalue weighted by molar-refractivity contribution is 8.13. The summed E-state index contributed by atoms with van der Waals surface area (Å²) >= 11 is 1.15. The van der Waals surface area contributed by atoms with Crippen molar-refractivity contribution in [1.29, 1.82) is 0 Å². The summed E-state index contributed by atoms with van der Waals surface area (Å²) in [6.45, 7) is 9.16. The van der Waals surface area contributed by atoms with Crippen molar-refractivity contribution in [1.82, 2.24) is 30.2 Å². The average Bonchev–Trinajstić information content (AvgIpc) is 3.74. The first-order valence-corrected chi connectivity index (χ1v) is 25.8. The van der Waals surface area contributed by atoms with Gasteiger partial charge < -0.3 is 50.9 Å². The van der Waals surface area contributed by atoms with Crippen molar-refractivity contribution in [3.8, 4) is 0 Å². The van der Waals surface area contributed by atoms with E-state index in [2.05, 4.69) is 55.2 Å². The second-order valence-corrected chi connectivity index (χ2v) is 21.8. The fourth-order valence-electron chi connectivity index (χ4n) is 6.33. The number of hydrogen-bond acceptors (Lipinski definition) is 18. The van der Waals surface area contributed by atoms with Crippen LogP contribution >= 0.6 is 35.2 Å². The highest BCUT2D eigenvalue weighted by Crippen LogP contribution is 2.61. The van der Waals surface area contributed by atoms with E-state index in [0.717, 1.165) is 48.2 Å². The molecule has 1 fully saturated rings. The van der Waals surface area contributed by atoms with Gasteiger partial charge in [0, 0.05) is 36.6 Å². The van der Waals surface area contributed by atoms with Gasteiger partial charge >= 0.3 is 23.5 Å². The predicted molar refractivity (Wildman–Crippen MR) is 228 cm³/mol. The van der Waals surface area contributed by atoms with E-state index in [0.29, 0.717) is 17.6 Å². The van der Waals surface area contributed by atoms with E-state index in [1.165, 1.54) is 33.1 Å². The minimum absolute atomic E-state index is 0.0325. The third-order valence-electron chi connectivity index (χ3n) is 9.96. The van der Waals surface area contributed by atoms with Crippen molar-refractivity contribution in [2.45, 2.75) is 117 Å². The number of hydrogen-bond donors (Lipinski definition) is 9. The van der Waals surface area contributed by atoms with Crippen molar-refractivity contribution in [3.05, 3.63) is 12.7 Å². The molecule has 2 amide bonds. The van der Waals surface area contributed by atoms with Crippen molar-refractivity contribution < 1.29 is 80.5 Å². The number of aromatic nitrogens is 4. The number of aliphatic hydroxyl groups is 2. The molecule has 2 aromatic heterocycles. The highest BCUT2D eigenvalue weighted by atomic mass is 32.2. The van der Waals surface area contributed by atoms with Crippen LogP contribution in [-0.4, -0.2) is 123 Å². The molecule has 2 aromatic rings. The number of nitrogens with zero attached hydrogens (tertiary/aromatic N) is 4. The van der Waals surface area contributed by atoms with E-state index >= 15 is 0 Å². The number of phosphoric ester groups is 3. The summed E-state index contributed by atoms with van der Waals surface area (Å²) in [5.41, 5.74) is 4.28. The number of carbonyl (C=O) groups excluding carboxylic acids is 3. The van der Waals surface area contributed by atoms with Gasteiger partial charge in [0.1, 0.15) is 36.3 Å². The summed E-state index contributed by atoms with van der Waals surface area (Å²) in [6, 6.07) is 0. The van der Waals surface area contributed by atoms with Crippen LogP contribution < -0.4 is 16.4 Å². The SMILES string of the molecule is CC(C)CCCC(C)CCCC(C)C(=O)SCCNC(=O)CCNC(=O)C(O)C(C)(C)COP(=O)(O)OP(=O)(O)OCC1OC(n2cnc3c(N)ncnc32)C(O)C1OP(=O)(O)O. The second kappa shape index (κ2) is 24.4. The molecule has 0 aliphatic carbocycles. The number of carbonyl (C=O) groups is 3. The van der Waals surface area contributed by atoms with Crippen molar-refractivity contribution in [3.63, 3.8) is 0 Å². The second-order valence-electron chi connectivity index (χ2n) is 16.5. The maximum atomic E-state index is 12.7. The maximum absolute atomic E-state index is 12.7. The van der Waals surface area contributed by atoms with Crippen LogP contribution in [0.15, 0.2) is 12.7 Å². The summed E-state index contributed by atoms with van der Waals surface area (Å²) in [6.07, 6.45) is -0.380. The quantitative estimate of drug-likeness (QED) is 0.0437. The summed E-state index contributed by atoms with van der Waals surface area (Å²) in [5, 5.41) is 26.7. The Morgan fingerprint density at radius 2 is 1.60 bits per heavy atom. The first kappa shape index (κ1) is 54.9. The standard InChI is InChI=1S/C35H62N7O17P3S/c1-21(2)9-7-10-22(3)11-8-12-23(4)34(47)63-16-15-37-25(43)13-14-38-32(46)29(45)35(5,6)18-56-62(53,54)59-61(51,52)55-17-24-28(58-60(48,49)50)27(44)33(57-24)42-20-41-26-30(36)39-19-40-31(26)42/h19-24,27-29,33,44-45H,7-18H2,1-6H3,(H,37,43)(H,38,46)(H,51,52)(H,53,54)(H2,36,39,40)(H2,48,49,50). The minimum Gasteiger partial charge on any atom is -0.386 e. The molecule has 24 nitrogen and oxygen atoms in total. The van der Waals surface area contributed by atoms with Gasteiger partial charge in [-0.15, -0.1) is 0 Å². The fourth-order valence-corrected chi connectivity index (χ4v) is 9.97. The highest BCUT2D eigenvalue weighted by Gasteiger charge is 2.50. The zero-order chi connectivity index (χ0) is 47.3. The Kier molecular flexibility index (Phi) is 21.2. The van der Waals surface area contributed by atoms with E-state index in [9.17, 15) is 57.9 Å². The molecule has 3 heterocycles. The Balaban J connectivity index is 1.40. The number of nitrogens with two attached hydrogens (primary N) is 1. The average molecular weight is 978 g/mol. The lowest BCUT2D eigenvalue weighted by molar-refractivity contribution is -0.137. The van der Waals surface area contributed by atoms with Gasteiger partial charge in [-0.2, -0.15) is 4.31 Å². The van der Waals surface area contributed by atoms with Crippen LogP contribution in [0.3, 0.4) is 0 Å². The lowest BCUT2D eigenvalue weighted by atomic mass is 9.87. The molecule has 1 aliphatic heterocycles. The molecule has 0 aromatic carbocycles. The molecule has 9 unspecified atom stereocenters. The number of thioether (sulfide) groups is 1. The summed E-state index contributed by atoms with van der Waals surface area (Å²) in [5.74, 6) is 0.193. The van der Waals surface area contributed by atoms with Gasteiger partial charge in [0.2, 0.25) is 11.8 Å². The van der Waals surface area contributed by atoms with Crippen LogP contribution in [-0.2, 0) is 50.7 Å². The molecule has 28 heteroatoms. The molecular formula is C35H62N7O17P3S. The molecule has 1 aliphatic rings. The Morgan fingerprint density at radius 1 is 0.952 bits per heavy atom. The third-order valence-corrected chi connectivity index (χ3v) is 14.2. The van der Waals surface area contributed by atoms with E-state index in [1.807, 2.05) is 6.92 Å². The molecule has 10 N–H and O–H groups in total. The maximum Gasteiger partial charge on any atom is 0.481 e. The molecule has 9 atom stereocenters. The Labute approximate surface area is 369 Å². The monoisotopic (exact) mass is 977 g/mol. The predicted octanol–water partition coefficient (Wildman–Crippen LogP) is 2.93. The fraction of sp³-hybridized carbons (Fsp3) is 0.771. The van der Waals surface area contributed by atoms with Crippen LogP contribution in [0.1, 0.15) is 92.7 Å². The molecular weight excluding hydrogens is 915 g/mol. The molecule has 63 heavy (non-hydrogen) atoms. The van der Waals surface area contributed by atoms with Crippen molar-refractivity contribution >= 4 is 69.1 Å². The smallest absolute Gasteiger partial charge is 0.386 e. The van der Waals surface area contributed by atoms with Gasteiger partial charge in [-0.3, -0.25) is 32.5 Å². The van der Waals surface area contributed by atoms with Gasteiger partial charge in [0.15, 0.2) is 22.8 Å². The third kappa shape index (κ3) is 18.4. The van der Waals surface area contributed by atoms with Crippen LogP contribution in [0.4, 0.5) is 5.82 Å². The van der Waals surface area contributed by atoms with E-state index < -0.39 is 84.6 Å². The van der Waals surface area contributed by atoms with E-state index in [4.69, 9.17) is 19.5 Å². The van der Waals surface area contributed by atoms with Crippen molar-refractivity contribution in [2.75, 3.05) is 37.8 Å². The molecule has 1 saturated heterocycles. The number of fused-ring (bicyclic) bond motifs is 1. The van der Waals surface area contributed by atoms with Gasteiger partial charge in [-0.05, 0) is 18.3 Å². The number of aliphatic hydroxyl groups excluding tert-OH is 2. The number of nitrogens with one attached hydrogen (secondary N) is 2. The number of ether oxygens (including phenoxy) is 1. The molecule has 3 rings (SSSR count). The van der Waals surface area contributed by atoms with E-state index in [1.54, 1.807) is 0 Å². The zero-order valence-electron chi connectivity index (χ0n) is 36.0. The minimum atomic E-state index is -5.57. The van der Waals surface area contributed by atoms with Gasteiger partial charge in [0.05, 0.1) is 19.5 Å². The van der Waals surface area contributed by atoms with Gasteiger partial charge in [0.25, 0.3) is 0 Å². The number of phosphoric acid groups is 3. The summed E-state index contributed by atoms with van der Waals surface area (Å²) in [7, 11) is -16.4. The summed E-state index contributed by atoms with van der Waals surface area (Å²) in [4.78, 5) is 88.6. The van der Waals surface area contributed by atoms with Crippen LogP contribution in [0.25, 0.3) is 11.2 Å². The normalized spacial score (nSPS) is 21.7. The summed E-state index contributed by atoms with van der Waals surface area (Å²) < 4.78 is 62.4. The first-order valence-electron chi connectivity index (χ1n) is 20.3. The first-order chi connectivity index (χ1) is 29.2. The number of rotatable bonds is 28. The molecule has 0 spiro atoms. The Bertz CT molecular complexity index is 1970. The number of anilines is 1. The lowest BCUT2D eigenvalue weighted by Gasteiger charge is -2.30.